The van der Waals surface area contributed by atoms with Gasteiger partial charge in [-0.05, 0) is 11.3 Å². The molecule has 0 spiro atoms. The zero-order valence-electron chi connectivity index (χ0n) is 7.09. The first kappa shape index (κ1) is 10.7. The molecule has 1 aliphatic heterocycles. The van der Waals surface area contributed by atoms with Crippen LogP contribution in [-0.2, 0) is 15.6 Å². The van der Waals surface area contributed by atoms with Gasteiger partial charge in [0.2, 0.25) is 0 Å². The van der Waals surface area contributed by atoms with E-state index in [0.717, 1.165) is 6.42 Å². The normalized spacial score (nSPS) is 22.8. The average Bonchev–Trinajstić information content (AvgIpc) is 2.30. The molecule has 0 aromatic heterocycles. The number of halogens is 1. The number of carbonyl (C=O) groups excluding carboxylic acids is 1. The van der Waals surface area contributed by atoms with E-state index in [-0.39, 0.29) is 5.91 Å². The quantitative estimate of drug-likeness (QED) is 0.591. The van der Waals surface area contributed by atoms with Gasteiger partial charge >= 0.3 is 0 Å². The third-order valence-corrected chi connectivity index (χ3v) is 3.41. The number of hydrogen-bond acceptors (Lipinski definition) is 2. The largest absolute Gasteiger partial charge is 0.331 e. The fourth-order valence-corrected chi connectivity index (χ4v) is 2.41. The molecule has 1 unspecified atom stereocenters. The van der Waals surface area contributed by atoms with Crippen molar-refractivity contribution in [2.45, 2.75) is 6.42 Å². The standard InChI is InChI=1S/C8H10BrNO2S/c9-3-2-8(11)10-4-1-6-13(12)7-5-10/h1,4-7H2. The Labute approximate surface area is 88.5 Å². The lowest BCUT2D eigenvalue weighted by Crippen LogP contribution is -2.32. The molecule has 0 aromatic carbocycles. The van der Waals surface area contributed by atoms with Crippen molar-refractivity contribution in [3.05, 3.63) is 0 Å². The summed E-state index contributed by atoms with van der Waals surface area (Å²) in [7, 11) is -0.753. The van der Waals surface area contributed by atoms with Crippen LogP contribution in [0.3, 0.4) is 0 Å². The molecule has 3 nitrogen and oxygen atoms in total. The van der Waals surface area contributed by atoms with Gasteiger partial charge in [-0.3, -0.25) is 9.00 Å². The highest BCUT2D eigenvalue weighted by Crippen LogP contribution is 2.01. The van der Waals surface area contributed by atoms with Gasteiger partial charge in [0.1, 0.15) is 0 Å². The first-order chi connectivity index (χ1) is 6.24. The van der Waals surface area contributed by atoms with Crippen molar-refractivity contribution in [3.8, 4) is 10.8 Å². The maximum atomic E-state index is 11.3. The molecule has 0 N–H and O–H groups in total. The van der Waals surface area contributed by atoms with E-state index >= 15 is 0 Å². The topological polar surface area (TPSA) is 37.4 Å². The van der Waals surface area contributed by atoms with Crippen LogP contribution in [-0.4, -0.2) is 39.6 Å². The van der Waals surface area contributed by atoms with Crippen molar-refractivity contribution in [2.24, 2.45) is 0 Å². The molecule has 1 amide bonds. The molecule has 72 valence electrons. The number of carbonyl (C=O) groups is 1. The highest BCUT2D eigenvalue weighted by Gasteiger charge is 2.16. The summed E-state index contributed by atoms with van der Waals surface area (Å²) >= 11 is 2.88. The molecule has 0 aliphatic carbocycles. The van der Waals surface area contributed by atoms with Gasteiger partial charge in [0.25, 0.3) is 5.91 Å². The van der Waals surface area contributed by atoms with E-state index < -0.39 is 10.8 Å². The second kappa shape index (κ2) is 5.40. The first-order valence-corrected chi connectivity index (χ1v) is 6.27. The number of hydrogen-bond donors (Lipinski definition) is 0. The molecule has 1 rings (SSSR count). The van der Waals surface area contributed by atoms with Crippen molar-refractivity contribution in [1.82, 2.24) is 4.90 Å². The van der Waals surface area contributed by atoms with E-state index in [1.54, 1.807) is 4.90 Å². The van der Waals surface area contributed by atoms with Gasteiger partial charge in [0.15, 0.2) is 0 Å². The number of nitrogens with zero attached hydrogens (tertiary/aromatic N) is 1. The molecule has 0 saturated carbocycles. The highest BCUT2D eigenvalue weighted by atomic mass is 79.9. The van der Waals surface area contributed by atoms with E-state index in [9.17, 15) is 9.00 Å². The predicted molar refractivity (Wildman–Crippen MR) is 55.8 cm³/mol. The fraction of sp³-hybridized carbons (Fsp3) is 0.625. The molecular weight excluding hydrogens is 254 g/mol. The highest BCUT2D eigenvalue weighted by molar-refractivity contribution is 9.12. The van der Waals surface area contributed by atoms with E-state index in [1.165, 1.54) is 0 Å². The minimum atomic E-state index is -0.753. The second-order valence-electron chi connectivity index (χ2n) is 2.71. The summed E-state index contributed by atoms with van der Waals surface area (Å²) in [6.45, 7) is 1.24. The molecule has 0 bridgehead atoms. The van der Waals surface area contributed by atoms with Crippen molar-refractivity contribution < 1.29 is 9.00 Å². The van der Waals surface area contributed by atoms with Crippen molar-refractivity contribution in [3.63, 3.8) is 0 Å². The lowest BCUT2D eigenvalue weighted by Gasteiger charge is -2.15. The molecule has 0 aromatic rings. The molecule has 0 radical (unpaired) electrons. The van der Waals surface area contributed by atoms with Crippen LogP contribution in [0.5, 0.6) is 0 Å². The summed E-state index contributed by atoms with van der Waals surface area (Å²) in [5.41, 5.74) is 0. The number of rotatable bonds is 0. The van der Waals surface area contributed by atoms with Crippen LogP contribution in [0.2, 0.25) is 0 Å². The first-order valence-electron chi connectivity index (χ1n) is 3.99. The third kappa shape index (κ3) is 3.49. The van der Waals surface area contributed by atoms with Crippen LogP contribution < -0.4 is 0 Å². The molecule has 1 saturated heterocycles. The lowest BCUT2D eigenvalue weighted by atomic mass is 10.4. The molecule has 1 atom stereocenters. The summed E-state index contributed by atoms with van der Waals surface area (Å²) in [6, 6.07) is 0. The minimum absolute atomic E-state index is 0.184. The van der Waals surface area contributed by atoms with Crippen LogP contribution in [0, 0.1) is 10.8 Å². The molecule has 1 heterocycles. The molecule has 1 aliphatic rings. The Balaban J connectivity index is 2.54. The Kier molecular flexibility index (Phi) is 4.46. The van der Waals surface area contributed by atoms with Crippen molar-refractivity contribution >= 4 is 32.6 Å². The van der Waals surface area contributed by atoms with Gasteiger partial charge in [-0.25, -0.2) is 0 Å². The van der Waals surface area contributed by atoms with Gasteiger partial charge in [-0.2, -0.15) is 0 Å². The van der Waals surface area contributed by atoms with Gasteiger partial charge in [0.05, 0.1) is 0 Å². The second-order valence-corrected chi connectivity index (χ2v) is 4.81. The summed E-state index contributed by atoms with van der Waals surface area (Å²) in [6.07, 6.45) is 0.808. The Hall–Kier alpha value is -0.340. The van der Waals surface area contributed by atoms with E-state index in [0.29, 0.717) is 24.6 Å². The maximum Gasteiger partial charge on any atom is 0.299 e. The Morgan fingerprint density at radius 1 is 1.38 bits per heavy atom. The van der Waals surface area contributed by atoms with Gasteiger partial charge in [0, 0.05) is 57.2 Å². The Morgan fingerprint density at radius 3 is 2.85 bits per heavy atom. The van der Waals surface area contributed by atoms with Crippen molar-refractivity contribution in [2.75, 3.05) is 24.6 Å². The van der Waals surface area contributed by atoms with Crippen LogP contribution in [0.25, 0.3) is 0 Å². The minimum Gasteiger partial charge on any atom is -0.331 e. The third-order valence-electron chi connectivity index (χ3n) is 1.83. The van der Waals surface area contributed by atoms with Crippen LogP contribution in [0.4, 0.5) is 0 Å². The summed E-state index contributed by atoms with van der Waals surface area (Å²) in [4.78, 5) is 15.3. The molecule has 5 heteroatoms. The molecule has 13 heavy (non-hydrogen) atoms. The maximum absolute atomic E-state index is 11.3. The summed E-state index contributed by atoms with van der Waals surface area (Å²) < 4.78 is 11.1. The lowest BCUT2D eigenvalue weighted by molar-refractivity contribution is -0.124. The van der Waals surface area contributed by atoms with Crippen LogP contribution in [0.15, 0.2) is 0 Å². The monoisotopic (exact) mass is 263 g/mol. The average molecular weight is 264 g/mol. The molecule has 1 fully saturated rings. The van der Waals surface area contributed by atoms with Crippen LogP contribution in [0.1, 0.15) is 6.42 Å². The zero-order valence-corrected chi connectivity index (χ0v) is 9.49. The van der Waals surface area contributed by atoms with E-state index in [4.69, 9.17) is 0 Å². The fourth-order valence-electron chi connectivity index (χ4n) is 1.16. The van der Waals surface area contributed by atoms with E-state index in [2.05, 4.69) is 26.7 Å². The smallest absolute Gasteiger partial charge is 0.299 e. The van der Waals surface area contributed by atoms with Gasteiger partial charge < -0.3 is 4.90 Å². The van der Waals surface area contributed by atoms with Crippen molar-refractivity contribution in [1.29, 1.82) is 0 Å². The van der Waals surface area contributed by atoms with Crippen LogP contribution >= 0.6 is 15.9 Å². The van der Waals surface area contributed by atoms with Gasteiger partial charge in [-0.15, -0.1) is 0 Å². The Bertz CT molecular complexity index is 282. The number of amides is 1. The van der Waals surface area contributed by atoms with E-state index in [1.807, 2.05) is 0 Å². The predicted octanol–water partition coefficient (Wildman–Crippen LogP) is 0.323. The summed E-state index contributed by atoms with van der Waals surface area (Å²) in [5, 5.41) is 0. The SMILES string of the molecule is O=C(C#CBr)N1CCCS(=O)CC1. The van der Waals surface area contributed by atoms with Gasteiger partial charge in [-0.1, -0.05) is 0 Å². The zero-order chi connectivity index (χ0) is 9.68. The molecular formula is C8H10BrNO2S. The summed E-state index contributed by atoms with van der Waals surface area (Å²) in [5.74, 6) is 3.51. The Morgan fingerprint density at radius 2 is 2.15 bits per heavy atom.